The standard InChI is InChI=1S/C9H11ClFNO/c1-13-5-8(12)6-3-2-4-7(11)9(6)10/h2-4,8H,5,12H2,1H3. The van der Waals surface area contributed by atoms with E-state index >= 15 is 0 Å². The first-order chi connectivity index (χ1) is 6.16. The Morgan fingerprint density at radius 2 is 2.31 bits per heavy atom. The van der Waals surface area contributed by atoms with Crippen molar-refractivity contribution in [2.75, 3.05) is 13.7 Å². The first-order valence-electron chi connectivity index (χ1n) is 3.85. The van der Waals surface area contributed by atoms with Crippen LogP contribution in [0.25, 0.3) is 0 Å². The van der Waals surface area contributed by atoms with Gasteiger partial charge in [-0.05, 0) is 11.6 Å². The van der Waals surface area contributed by atoms with Gasteiger partial charge in [0.2, 0.25) is 0 Å². The van der Waals surface area contributed by atoms with Gasteiger partial charge < -0.3 is 10.5 Å². The summed E-state index contributed by atoms with van der Waals surface area (Å²) in [4.78, 5) is 0. The largest absolute Gasteiger partial charge is 0.383 e. The van der Waals surface area contributed by atoms with Gasteiger partial charge in [-0.15, -0.1) is 0 Å². The van der Waals surface area contributed by atoms with E-state index in [1.807, 2.05) is 0 Å². The Kier molecular flexibility index (Phi) is 3.66. The molecule has 0 amide bonds. The molecule has 0 aliphatic rings. The second-order valence-corrected chi connectivity index (χ2v) is 3.08. The molecule has 0 saturated heterocycles. The second kappa shape index (κ2) is 4.56. The molecule has 2 N–H and O–H groups in total. The number of hydrogen-bond donors (Lipinski definition) is 1. The van der Waals surface area contributed by atoms with E-state index < -0.39 is 5.82 Å². The van der Waals surface area contributed by atoms with E-state index in [-0.39, 0.29) is 11.1 Å². The van der Waals surface area contributed by atoms with Crippen LogP contribution in [-0.2, 0) is 4.74 Å². The van der Waals surface area contributed by atoms with Crippen LogP contribution in [-0.4, -0.2) is 13.7 Å². The predicted molar refractivity (Wildman–Crippen MR) is 50.2 cm³/mol. The Morgan fingerprint density at radius 1 is 1.62 bits per heavy atom. The fourth-order valence-corrected chi connectivity index (χ4v) is 1.34. The van der Waals surface area contributed by atoms with Crippen LogP contribution < -0.4 is 5.73 Å². The van der Waals surface area contributed by atoms with E-state index in [9.17, 15) is 4.39 Å². The van der Waals surface area contributed by atoms with Crippen LogP contribution in [0.4, 0.5) is 4.39 Å². The fraction of sp³-hybridized carbons (Fsp3) is 0.333. The molecule has 0 aromatic heterocycles. The minimum atomic E-state index is -0.453. The van der Waals surface area contributed by atoms with Crippen molar-refractivity contribution in [1.82, 2.24) is 0 Å². The van der Waals surface area contributed by atoms with Gasteiger partial charge in [0.15, 0.2) is 0 Å². The normalized spacial score (nSPS) is 12.9. The van der Waals surface area contributed by atoms with E-state index in [1.165, 1.54) is 13.2 Å². The summed E-state index contributed by atoms with van der Waals surface area (Å²) in [6.45, 7) is 0.323. The SMILES string of the molecule is COCC(N)c1cccc(F)c1Cl. The smallest absolute Gasteiger partial charge is 0.142 e. The molecule has 0 heterocycles. The van der Waals surface area contributed by atoms with Gasteiger partial charge in [-0.2, -0.15) is 0 Å². The molecule has 4 heteroatoms. The first kappa shape index (κ1) is 10.4. The lowest BCUT2D eigenvalue weighted by Crippen LogP contribution is -2.16. The van der Waals surface area contributed by atoms with Crippen LogP contribution in [0.5, 0.6) is 0 Å². The van der Waals surface area contributed by atoms with Crippen LogP contribution >= 0.6 is 11.6 Å². The summed E-state index contributed by atoms with van der Waals surface area (Å²) in [5.41, 5.74) is 6.27. The molecule has 2 nitrogen and oxygen atoms in total. The van der Waals surface area contributed by atoms with E-state index in [2.05, 4.69) is 0 Å². The maximum Gasteiger partial charge on any atom is 0.142 e. The highest BCUT2D eigenvalue weighted by Crippen LogP contribution is 2.24. The van der Waals surface area contributed by atoms with E-state index in [0.29, 0.717) is 12.2 Å². The summed E-state index contributed by atoms with van der Waals surface area (Å²) in [6.07, 6.45) is 0. The number of nitrogens with two attached hydrogens (primary N) is 1. The molecular formula is C9H11ClFNO. The molecule has 0 radical (unpaired) electrons. The minimum absolute atomic E-state index is 0.0760. The van der Waals surface area contributed by atoms with Gasteiger partial charge in [0.25, 0.3) is 0 Å². The Balaban J connectivity index is 2.93. The molecule has 1 unspecified atom stereocenters. The average Bonchev–Trinajstić information content (AvgIpc) is 2.10. The second-order valence-electron chi connectivity index (χ2n) is 2.70. The van der Waals surface area contributed by atoms with Crippen molar-refractivity contribution < 1.29 is 9.13 Å². The van der Waals surface area contributed by atoms with Gasteiger partial charge in [0.05, 0.1) is 17.7 Å². The maximum absolute atomic E-state index is 13.0. The van der Waals surface area contributed by atoms with Crippen molar-refractivity contribution in [2.45, 2.75) is 6.04 Å². The molecule has 13 heavy (non-hydrogen) atoms. The summed E-state index contributed by atoms with van der Waals surface area (Å²) < 4.78 is 17.8. The monoisotopic (exact) mass is 203 g/mol. The first-order valence-corrected chi connectivity index (χ1v) is 4.23. The number of methoxy groups -OCH3 is 1. The number of ether oxygens (including phenoxy) is 1. The van der Waals surface area contributed by atoms with Crippen molar-refractivity contribution in [3.05, 3.63) is 34.6 Å². The highest BCUT2D eigenvalue weighted by molar-refractivity contribution is 6.31. The molecular weight excluding hydrogens is 193 g/mol. The molecule has 1 rings (SSSR count). The summed E-state index contributed by atoms with van der Waals surface area (Å²) >= 11 is 5.71. The number of hydrogen-bond acceptors (Lipinski definition) is 2. The third-order valence-electron chi connectivity index (χ3n) is 1.73. The van der Waals surface area contributed by atoms with Gasteiger partial charge >= 0.3 is 0 Å². The lowest BCUT2D eigenvalue weighted by atomic mass is 10.1. The molecule has 0 aliphatic heterocycles. The average molecular weight is 204 g/mol. The zero-order valence-corrected chi connectivity index (χ0v) is 8.01. The molecule has 1 atom stereocenters. The van der Waals surface area contributed by atoms with Crippen molar-refractivity contribution in [2.24, 2.45) is 5.73 Å². The van der Waals surface area contributed by atoms with Gasteiger partial charge in [0, 0.05) is 7.11 Å². The summed E-state index contributed by atoms with van der Waals surface area (Å²) in [5, 5.41) is 0.0760. The van der Waals surface area contributed by atoms with Crippen molar-refractivity contribution >= 4 is 11.6 Å². The zero-order chi connectivity index (χ0) is 9.84. The molecule has 0 saturated carbocycles. The quantitative estimate of drug-likeness (QED) is 0.817. The molecule has 72 valence electrons. The summed E-state index contributed by atoms with van der Waals surface area (Å²) in [7, 11) is 1.53. The highest BCUT2D eigenvalue weighted by Gasteiger charge is 2.12. The topological polar surface area (TPSA) is 35.2 Å². The molecule has 0 aliphatic carbocycles. The molecule has 1 aromatic rings. The lowest BCUT2D eigenvalue weighted by molar-refractivity contribution is 0.181. The number of halogens is 2. The van der Waals surface area contributed by atoms with Crippen molar-refractivity contribution in [3.8, 4) is 0 Å². The van der Waals surface area contributed by atoms with Crippen LogP contribution in [0.3, 0.4) is 0 Å². The van der Waals surface area contributed by atoms with E-state index in [1.54, 1.807) is 12.1 Å². The van der Waals surface area contributed by atoms with Gasteiger partial charge in [-0.3, -0.25) is 0 Å². The van der Waals surface area contributed by atoms with Gasteiger partial charge in [-0.25, -0.2) is 4.39 Å². The van der Waals surface area contributed by atoms with E-state index in [0.717, 1.165) is 0 Å². The summed E-state index contributed by atoms with van der Waals surface area (Å²) in [5.74, 6) is -0.453. The highest BCUT2D eigenvalue weighted by atomic mass is 35.5. The van der Waals surface area contributed by atoms with Crippen LogP contribution in [0.1, 0.15) is 11.6 Å². The third-order valence-corrected chi connectivity index (χ3v) is 2.13. The Bertz CT molecular complexity index is 293. The van der Waals surface area contributed by atoms with E-state index in [4.69, 9.17) is 22.1 Å². The van der Waals surface area contributed by atoms with Crippen molar-refractivity contribution in [3.63, 3.8) is 0 Å². The Hall–Kier alpha value is -0.640. The van der Waals surface area contributed by atoms with Crippen LogP contribution in [0.15, 0.2) is 18.2 Å². The minimum Gasteiger partial charge on any atom is -0.383 e. The maximum atomic E-state index is 13.0. The summed E-state index contributed by atoms with van der Waals surface area (Å²) in [6, 6.07) is 4.18. The van der Waals surface area contributed by atoms with Gasteiger partial charge in [-0.1, -0.05) is 23.7 Å². The lowest BCUT2D eigenvalue weighted by Gasteiger charge is -2.12. The predicted octanol–water partition coefficient (Wildman–Crippen LogP) is 2.13. The molecule has 0 spiro atoms. The van der Waals surface area contributed by atoms with Crippen molar-refractivity contribution in [1.29, 1.82) is 0 Å². The van der Waals surface area contributed by atoms with Gasteiger partial charge in [0.1, 0.15) is 5.82 Å². The van der Waals surface area contributed by atoms with Crippen LogP contribution in [0, 0.1) is 5.82 Å². The number of benzene rings is 1. The Labute approximate surface area is 81.4 Å². The van der Waals surface area contributed by atoms with Crippen LogP contribution in [0.2, 0.25) is 5.02 Å². The molecule has 1 aromatic carbocycles. The molecule has 0 fully saturated rings. The third kappa shape index (κ3) is 2.40. The fourth-order valence-electron chi connectivity index (χ4n) is 1.08. The number of rotatable bonds is 3. The molecule has 0 bridgehead atoms. The Morgan fingerprint density at radius 3 is 2.92 bits per heavy atom. The zero-order valence-electron chi connectivity index (χ0n) is 7.26.